The number of urea groups is 1. The Hall–Kier alpha value is -4.34. The van der Waals surface area contributed by atoms with Crippen LogP contribution < -0.4 is 16.0 Å². The number of carbonyl (C=O) groups is 5. The Balaban J connectivity index is 1.57. The van der Waals surface area contributed by atoms with Crippen LogP contribution in [-0.4, -0.2) is 45.1 Å². The first kappa shape index (κ1) is 26.3. The van der Waals surface area contributed by atoms with Crippen molar-refractivity contribution in [2.45, 2.75) is 51.7 Å². The van der Waals surface area contributed by atoms with Crippen LogP contribution in [0, 0.1) is 17.8 Å². The molecule has 3 aliphatic rings. The number of pyridine rings is 1. The van der Waals surface area contributed by atoms with Gasteiger partial charge in [-0.25, -0.2) is 9.69 Å². The maximum atomic E-state index is 14.1. The van der Waals surface area contributed by atoms with Crippen molar-refractivity contribution in [3.63, 3.8) is 0 Å². The number of carbonyl (C=O) groups excluding carboxylic acids is 5. The van der Waals surface area contributed by atoms with Crippen LogP contribution in [0.1, 0.15) is 44.4 Å². The van der Waals surface area contributed by atoms with Crippen LogP contribution in [0.2, 0.25) is 0 Å². The summed E-state index contributed by atoms with van der Waals surface area (Å²) >= 11 is 0. The summed E-state index contributed by atoms with van der Waals surface area (Å²) in [6.45, 7) is 3.55. The molecule has 1 aromatic heterocycles. The summed E-state index contributed by atoms with van der Waals surface area (Å²) in [6.07, 6.45) is 2.71. The van der Waals surface area contributed by atoms with Crippen LogP contribution in [0.3, 0.4) is 0 Å². The van der Waals surface area contributed by atoms with Gasteiger partial charge in [-0.1, -0.05) is 48.9 Å². The first-order valence-electron chi connectivity index (χ1n) is 13.2. The van der Waals surface area contributed by atoms with Gasteiger partial charge in [0.1, 0.15) is 5.54 Å². The lowest BCUT2D eigenvalue weighted by molar-refractivity contribution is -0.149. The van der Waals surface area contributed by atoms with Gasteiger partial charge in [-0.2, -0.15) is 0 Å². The number of aromatic nitrogens is 1. The van der Waals surface area contributed by atoms with Crippen molar-refractivity contribution in [1.82, 2.24) is 25.8 Å². The molecule has 3 N–H and O–H groups in total. The molecule has 2 aliphatic heterocycles. The second-order valence-corrected chi connectivity index (χ2v) is 10.3. The lowest BCUT2D eigenvalue weighted by atomic mass is 9.59. The Kier molecular flexibility index (Phi) is 7.03. The third-order valence-corrected chi connectivity index (χ3v) is 8.16. The summed E-state index contributed by atoms with van der Waals surface area (Å²) in [5, 5.41) is 8.05. The monoisotopic (exact) mass is 529 g/mol. The Labute approximate surface area is 226 Å². The van der Waals surface area contributed by atoms with Crippen molar-refractivity contribution in [2.24, 2.45) is 17.8 Å². The molecule has 39 heavy (non-hydrogen) atoms. The molecule has 3 heterocycles. The van der Waals surface area contributed by atoms with Gasteiger partial charge in [-0.15, -0.1) is 0 Å². The van der Waals surface area contributed by atoms with Gasteiger partial charge in [0.15, 0.2) is 0 Å². The summed E-state index contributed by atoms with van der Waals surface area (Å²) in [5.74, 6) is -4.33. The maximum absolute atomic E-state index is 14.1. The van der Waals surface area contributed by atoms with Crippen LogP contribution in [0.4, 0.5) is 4.79 Å². The summed E-state index contributed by atoms with van der Waals surface area (Å²) < 4.78 is 0. The van der Waals surface area contributed by atoms with Crippen LogP contribution in [0.25, 0.3) is 0 Å². The standard InChI is InChI=1S/C29H31N5O5/c1-3-19-20-12-13-21-22(25(36)33-24(21)35)23(20)29(2,27(38)31-15-17-9-5-4-6-10-17)34(26(19)37)28(39)32-16-18-11-7-8-14-30-18/h4-11,14,21-23H,3,12-13,15-16H2,1-2H3,(H,31,38)(H,32,39)(H,33,35,36)/t21-,22-,23+,29+/m1/s1. The number of hydrogen-bond acceptors (Lipinski definition) is 6. The smallest absolute Gasteiger partial charge is 0.325 e. The molecule has 2 aromatic rings. The number of nitrogens with zero attached hydrogens (tertiary/aromatic N) is 2. The Morgan fingerprint density at radius 2 is 1.77 bits per heavy atom. The number of amides is 6. The second-order valence-electron chi connectivity index (χ2n) is 10.3. The number of rotatable bonds is 6. The summed E-state index contributed by atoms with van der Waals surface area (Å²) in [5.41, 5.74) is 0.741. The van der Waals surface area contributed by atoms with Gasteiger partial charge in [0, 0.05) is 24.2 Å². The zero-order valence-corrected chi connectivity index (χ0v) is 21.9. The fourth-order valence-electron chi connectivity index (χ4n) is 6.30. The van der Waals surface area contributed by atoms with E-state index in [9.17, 15) is 24.0 Å². The van der Waals surface area contributed by atoms with E-state index in [2.05, 4.69) is 20.9 Å². The molecule has 6 amide bonds. The highest BCUT2D eigenvalue weighted by molar-refractivity contribution is 6.12. The minimum Gasteiger partial charge on any atom is -0.350 e. The van der Waals surface area contributed by atoms with Gasteiger partial charge in [0.05, 0.1) is 24.1 Å². The fraction of sp³-hybridized carbons (Fsp3) is 0.379. The van der Waals surface area contributed by atoms with Crippen LogP contribution in [0.5, 0.6) is 0 Å². The third kappa shape index (κ3) is 4.49. The number of hydrogen-bond donors (Lipinski definition) is 3. The molecule has 1 saturated carbocycles. The zero-order chi connectivity index (χ0) is 27.7. The fourth-order valence-corrected chi connectivity index (χ4v) is 6.30. The van der Waals surface area contributed by atoms with Gasteiger partial charge in [0.2, 0.25) is 17.7 Å². The van der Waals surface area contributed by atoms with E-state index in [1.807, 2.05) is 37.3 Å². The molecule has 5 rings (SSSR count). The van der Waals surface area contributed by atoms with E-state index in [0.717, 1.165) is 10.5 Å². The highest BCUT2D eigenvalue weighted by atomic mass is 16.2. The number of fused-ring (bicyclic) bond motifs is 3. The molecule has 10 nitrogen and oxygen atoms in total. The SMILES string of the molecule is CCC1=C2CC[C@H]3C(=O)NC(=O)[C@H]3[C@H]2[C@@](C)(C(=O)NCc2ccccc2)N(C(=O)NCc2ccccn2)C1=O. The largest absolute Gasteiger partial charge is 0.350 e. The molecule has 0 bridgehead atoms. The highest BCUT2D eigenvalue weighted by Gasteiger charge is 2.64. The van der Waals surface area contributed by atoms with E-state index < -0.39 is 47.0 Å². The molecule has 202 valence electrons. The average Bonchev–Trinajstić information content (AvgIpc) is 3.24. The van der Waals surface area contributed by atoms with Crippen molar-refractivity contribution in [2.75, 3.05) is 0 Å². The van der Waals surface area contributed by atoms with E-state index in [1.165, 1.54) is 6.92 Å². The molecule has 0 radical (unpaired) electrons. The molecule has 1 aromatic carbocycles. The number of benzene rings is 1. The minimum absolute atomic E-state index is 0.0406. The minimum atomic E-state index is -1.76. The summed E-state index contributed by atoms with van der Waals surface area (Å²) in [6, 6.07) is 13.8. The number of imide groups is 2. The molecular formula is C29H31N5O5. The van der Waals surface area contributed by atoms with E-state index in [-0.39, 0.29) is 19.0 Å². The van der Waals surface area contributed by atoms with Gasteiger partial charge in [0.25, 0.3) is 5.91 Å². The van der Waals surface area contributed by atoms with Gasteiger partial charge in [-0.3, -0.25) is 29.5 Å². The third-order valence-electron chi connectivity index (χ3n) is 8.16. The van der Waals surface area contributed by atoms with Crippen molar-refractivity contribution < 1.29 is 24.0 Å². The molecule has 0 unspecified atom stereocenters. The Bertz CT molecular complexity index is 1360. The van der Waals surface area contributed by atoms with E-state index in [4.69, 9.17) is 0 Å². The molecule has 1 aliphatic carbocycles. The van der Waals surface area contributed by atoms with Crippen LogP contribution >= 0.6 is 0 Å². The molecule has 4 atom stereocenters. The quantitative estimate of drug-likeness (QED) is 0.491. The van der Waals surface area contributed by atoms with Crippen LogP contribution in [-0.2, 0) is 32.3 Å². The molecule has 1 saturated heterocycles. The predicted octanol–water partition coefficient (Wildman–Crippen LogP) is 2.21. The topological polar surface area (TPSA) is 138 Å². The normalized spacial score (nSPS) is 26.1. The molecular weight excluding hydrogens is 498 g/mol. The molecule has 0 spiro atoms. The predicted molar refractivity (Wildman–Crippen MR) is 140 cm³/mol. The van der Waals surface area contributed by atoms with E-state index >= 15 is 0 Å². The highest BCUT2D eigenvalue weighted by Crippen LogP contribution is 2.52. The van der Waals surface area contributed by atoms with Crippen molar-refractivity contribution in [1.29, 1.82) is 0 Å². The Morgan fingerprint density at radius 3 is 2.46 bits per heavy atom. The first-order valence-corrected chi connectivity index (χ1v) is 13.2. The average molecular weight is 530 g/mol. The summed E-state index contributed by atoms with van der Waals surface area (Å²) in [4.78, 5) is 72.8. The lowest BCUT2D eigenvalue weighted by Gasteiger charge is -2.52. The molecule has 2 fully saturated rings. The second kappa shape index (κ2) is 10.4. The van der Waals surface area contributed by atoms with E-state index in [0.29, 0.717) is 36.1 Å². The van der Waals surface area contributed by atoms with Crippen molar-refractivity contribution in [3.8, 4) is 0 Å². The number of nitrogens with one attached hydrogen (secondary N) is 3. The Morgan fingerprint density at radius 1 is 1.03 bits per heavy atom. The van der Waals surface area contributed by atoms with Crippen LogP contribution in [0.15, 0.2) is 65.9 Å². The van der Waals surface area contributed by atoms with Crippen molar-refractivity contribution in [3.05, 3.63) is 77.1 Å². The lowest BCUT2D eigenvalue weighted by Crippen LogP contribution is -2.71. The van der Waals surface area contributed by atoms with Crippen molar-refractivity contribution >= 4 is 29.7 Å². The zero-order valence-electron chi connectivity index (χ0n) is 21.9. The van der Waals surface area contributed by atoms with Gasteiger partial charge >= 0.3 is 6.03 Å². The molecule has 10 heteroatoms. The van der Waals surface area contributed by atoms with E-state index in [1.54, 1.807) is 24.4 Å². The van der Waals surface area contributed by atoms with Gasteiger partial charge in [-0.05, 0) is 43.9 Å². The first-order chi connectivity index (χ1) is 18.8. The maximum Gasteiger partial charge on any atom is 0.325 e. The summed E-state index contributed by atoms with van der Waals surface area (Å²) in [7, 11) is 0. The van der Waals surface area contributed by atoms with Gasteiger partial charge < -0.3 is 10.6 Å².